The molecule has 0 saturated heterocycles. The minimum absolute atomic E-state index is 0.000449. The third-order valence-corrected chi connectivity index (χ3v) is 7.54. The minimum Gasteiger partial charge on any atom is -0.480 e. The summed E-state index contributed by atoms with van der Waals surface area (Å²) in [5.41, 5.74) is 5.37. The highest BCUT2D eigenvalue weighted by Crippen LogP contribution is 2.26. The normalized spacial score (nSPS) is 14.2. The second-order valence-corrected chi connectivity index (χ2v) is 10.0. The van der Waals surface area contributed by atoms with Crippen molar-refractivity contribution in [1.29, 1.82) is 0 Å². The van der Waals surface area contributed by atoms with Crippen molar-refractivity contribution in [2.24, 2.45) is 0 Å². The van der Waals surface area contributed by atoms with Crippen LogP contribution in [0.15, 0.2) is 54.1 Å². The highest BCUT2D eigenvalue weighted by Gasteiger charge is 2.25. The number of hydrogen-bond donors (Lipinski definition) is 2. The van der Waals surface area contributed by atoms with Crippen LogP contribution in [0.3, 0.4) is 0 Å². The molecule has 3 aromatic rings. The molecule has 7 nitrogen and oxygen atoms in total. The van der Waals surface area contributed by atoms with Crippen LogP contribution in [-0.2, 0) is 11.2 Å². The van der Waals surface area contributed by atoms with E-state index in [-0.39, 0.29) is 27.9 Å². The second-order valence-electron chi connectivity index (χ2n) is 8.36. The molecule has 186 valence electrons. The zero-order valence-corrected chi connectivity index (χ0v) is 21.7. The molecular formula is C26H23Cl2N3O4S. The van der Waals surface area contributed by atoms with Gasteiger partial charge in [0.1, 0.15) is 10.9 Å². The lowest BCUT2D eigenvalue weighted by Gasteiger charge is -2.26. The molecule has 0 unspecified atom stereocenters. The Bertz CT molecular complexity index is 1320. The maximum absolute atomic E-state index is 12.7. The maximum Gasteiger partial charge on any atom is 0.326 e. The fourth-order valence-electron chi connectivity index (χ4n) is 4.00. The predicted octanol–water partition coefficient (Wildman–Crippen LogP) is 5.11. The first-order valence-corrected chi connectivity index (χ1v) is 12.8. The summed E-state index contributed by atoms with van der Waals surface area (Å²) in [4.78, 5) is 43.8. The lowest BCUT2D eigenvalue weighted by atomic mass is 9.96. The third kappa shape index (κ3) is 5.78. The Morgan fingerprint density at radius 2 is 1.83 bits per heavy atom. The molecule has 1 atom stereocenters. The summed E-state index contributed by atoms with van der Waals surface area (Å²) in [6, 6.07) is 11.0. The summed E-state index contributed by atoms with van der Waals surface area (Å²) < 4.78 is 0. The summed E-state index contributed by atoms with van der Waals surface area (Å²) in [6.07, 6.45) is 2.86. The highest BCUT2D eigenvalue weighted by atomic mass is 35.5. The Balaban J connectivity index is 1.40. The van der Waals surface area contributed by atoms with Gasteiger partial charge >= 0.3 is 5.97 Å². The molecule has 0 bridgehead atoms. The van der Waals surface area contributed by atoms with Crippen LogP contribution in [-0.4, -0.2) is 51.9 Å². The number of carbonyl (C=O) groups excluding carboxylic acids is 2. The standard InChI is InChI=1S/C26H23Cl2N3O4S/c1-15-23(36-14-29-15)25(33)31-11-9-18(10-12-31)17-7-5-16(6-8-17)13-21(26(34)35)30-24(32)22-19(27)3-2-4-20(22)28/h2-9,14,21H,10-13H2,1H3,(H,30,32)(H,34,35)/t21-/m0/s1. The van der Waals surface area contributed by atoms with Gasteiger partial charge in [0.15, 0.2) is 0 Å². The number of amides is 2. The van der Waals surface area contributed by atoms with Crippen LogP contribution < -0.4 is 5.32 Å². The van der Waals surface area contributed by atoms with Crippen LogP contribution in [0.5, 0.6) is 0 Å². The Morgan fingerprint density at radius 3 is 2.39 bits per heavy atom. The Morgan fingerprint density at radius 1 is 1.14 bits per heavy atom. The molecule has 1 aliphatic heterocycles. The lowest BCUT2D eigenvalue weighted by molar-refractivity contribution is -0.139. The zero-order valence-electron chi connectivity index (χ0n) is 19.3. The number of aryl methyl sites for hydroxylation is 1. The number of carboxylic acids is 1. The van der Waals surface area contributed by atoms with Gasteiger partial charge in [-0.1, -0.05) is 59.6 Å². The molecule has 0 radical (unpaired) electrons. The molecule has 0 spiro atoms. The molecular weight excluding hydrogens is 521 g/mol. The van der Waals surface area contributed by atoms with Crippen LogP contribution in [0.1, 0.15) is 43.3 Å². The number of nitrogens with one attached hydrogen (secondary N) is 1. The third-order valence-electron chi connectivity index (χ3n) is 5.99. The smallest absolute Gasteiger partial charge is 0.326 e. The number of thiazole rings is 1. The SMILES string of the molecule is Cc1ncsc1C(=O)N1CC=C(c2ccc(C[C@H](NC(=O)c3c(Cl)cccc3Cl)C(=O)O)cc2)CC1. The van der Waals surface area contributed by atoms with E-state index in [9.17, 15) is 19.5 Å². The lowest BCUT2D eigenvalue weighted by Crippen LogP contribution is -2.42. The van der Waals surface area contributed by atoms with E-state index in [1.165, 1.54) is 23.5 Å². The number of hydrogen-bond acceptors (Lipinski definition) is 5. The predicted molar refractivity (Wildman–Crippen MR) is 141 cm³/mol. The maximum atomic E-state index is 12.7. The highest BCUT2D eigenvalue weighted by molar-refractivity contribution is 7.11. The Hall–Kier alpha value is -3.20. The molecule has 2 N–H and O–H groups in total. The zero-order chi connectivity index (χ0) is 25.8. The number of carboxylic acid groups (broad SMARTS) is 1. The van der Waals surface area contributed by atoms with E-state index in [1.807, 2.05) is 42.2 Å². The molecule has 2 amide bonds. The van der Waals surface area contributed by atoms with Gasteiger partial charge in [-0.15, -0.1) is 11.3 Å². The summed E-state index contributed by atoms with van der Waals surface area (Å²) in [5, 5.41) is 12.5. The molecule has 0 aliphatic carbocycles. The Labute approximate surface area is 222 Å². The molecule has 10 heteroatoms. The topological polar surface area (TPSA) is 99.6 Å². The number of carbonyl (C=O) groups is 3. The number of nitrogens with zero attached hydrogens (tertiary/aromatic N) is 2. The summed E-state index contributed by atoms with van der Waals surface area (Å²) in [7, 11) is 0. The number of aliphatic carboxylic acids is 1. The van der Waals surface area contributed by atoms with E-state index in [0.29, 0.717) is 18.0 Å². The molecule has 0 fully saturated rings. The molecule has 2 heterocycles. The van der Waals surface area contributed by atoms with Gasteiger partial charge in [-0.2, -0.15) is 0 Å². The first-order valence-electron chi connectivity index (χ1n) is 11.2. The van der Waals surface area contributed by atoms with Gasteiger partial charge in [-0.25, -0.2) is 9.78 Å². The average Bonchev–Trinajstić information content (AvgIpc) is 3.29. The largest absolute Gasteiger partial charge is 0.480 e. The number of benzene rings is 2. The molecule has 0 saturated carbocycles. The van der Waals surface area contributed by atoms with Crippen molar-refractivity contribution in [3.8, 4) is 0 Å². The van der Waals surface area contributed by atoms with Crippen LogP contribution in [0.2, 0.25) is 10.0 Å². The van der Waals surface area contributed by atoms with E-state index in [0.717, 1.165) is 28.8 Å². The van der Waals surface area contributed by atoms with Crippen molar-refractivity contribution in [2.75, 3.05) is 13.1 Å². The van der Waals surface area contributed by atoms with Crippen LogP contribution in [0.4, 0.5) is 0 Å². The van der Waals surface area contributed by atoms with Crippen LogP contribution in [0.25, 0.3) is 5.57 Å². The summed E-state index contributed by atoms with van der Waals surface area (Å²) in [6.45, 7) is 2.97. The van der Waals surface area contributed by atoms with Gasteiger partial charge in [0, 0.05) is 19.5 Å². The van der Waals surface area contributed by atoms with Crippen molar-refractivity contribution in [2.45, 2.75) is 25.8 Å². The van der Waals surface area contributed by atoms with Crippen molar-refractivity contribution in [1.82, 2.24) is 15.2 Å². The average molecular weight is 544 g/mol. The van der Waals surface area contributed by atoms with Gasteiger partial charge in [0.2, 0.25) is 0 Å². The molecule has 4 rings (SSSR count). The monoisotopic (exact) mass is 543 g/mol. The van der Waals surface area contributed by atoms with Gasteiger partial charge < -0.3 is 15.3 Å². The molecule has 2 aromatic carbocycles. The van der Waals surface area contributed by atoms with Gasteiger partial charge in [-0.3, -0.25) is 9.59 Å². The van der Waals surface area contributed by atoms with Gasteiger partial charge in [0.05, 0.1) is 26.8 Å². The second kappa shape index (κ2) is 11.2. The van der Waals surface area contributed by atoms with Gasteiger partial charge in [0.25, 0.3) is 11.8 Å². The first-order chi connectivity index (χ1) is 17.2. The quantitative estimate of drug-likeness (QED) is 0.431. The van der Waals surface area contributed by atoms with Crippen molar-refractivity contribution >= 4 is 57.9 Å². The van der Waals surface area contributed by atoms with E-state index < -0.39 is 17.9 Å². The van der Waals surface area contributed by atoms with E-state index in [2.05, 4.69) is 10.3 Å². The fraction of sp³-hybridized carbons (Fsp3) is 0.231. The summed E-state index contributed by atoms with van der Waals surface area (Å²) >= 11 is 13.5. The van der Waals surface area contributed by atoms with Gasteiger partial charge in [-0.05, 0) is 42.2 Å². The number of aromatic nitrogens is 1. The van der Waals surface area contributed by atoms with Crippen LogP contribution >= 0.6 is 34.5 Å². The van der Waals surface area contributed by atoms with E-state index >= 15 is 0 Å². The molecule has 1 aliphatic rings. The number of halogens is 2. The van der Waals surface area contributed by atoms with Crippen molar-refractivity contribution in [3.05, 3.63) is 91.4 Å². The molecule has 36 heavy (non-hydrogen) atoms. The van der Waals surface area contributed by atoms with Crippen LogP contribution in [0, 0.1) is 6.92 Å². The van der Waals surface area contributed by atoms with Crippen molar-refractivity contribution < 1.29 is 19.5 Å². The van der Waals surface area contributed by atoms with Crippen molar-refractivity contribution in [3.63, 3.8) is 0 Å². The fourth-order valence-corrected chi connectivity index (χ4v) is 5.34. The number of rotatable bonds is 7. The Kier molecular flexibility index (Phi) is 8.08. The minimum atomic E-state index is -1.16. The van der Waals surface area contributed by atoms with E-state index in [1.54, 1.807) is 11.6 Å². The first kappa shape index (κ1) is 25.9. The molecule has 1 aromatic heterocycles. The van der Waals surface area contributed by atoms with E-state index in [4.69, 9.17) is 23.2 Å². The summed E-state index contributed by atoms with van der Waals surface area (Å²) in [5.74, 6) is -1.80.